The second kappa shape index (κ2) is 11.0. The van der Waals surface area contributed by atoms with E-state index in [1.165, 1.54) is 22.9 Å². The van der Waals surface area contributed by atoms with Crippen molar-refractivity contribution in [1.82, 2.24) is 14.8 Å². The molecule has 6 nitrogen and oxygen atoms in total. The van der Waals surface area contributed by atoms with Gasteiger partial charge in [-0.25, -0.2) is 0 Å². The third-order valence-corrected chi connectivity index (χ3v) is 6.11. The summed E-state index contributed by atoms with van der Waals surface area (Å²) in [5.41, 5.74) is 4.39. The number of allylic oxidation sites excluding steroid dienone is 1. The Hall–Kier alpha value is -3.06. The zero-order valence-electron chi connectivity index (χ0n) is 19.2. The highest BCUT2D eigenvalue weighted by Gasteiger charge is 2.21. The normalized spacial score (nSPS) is 10.9. The van der Waals surface area contributed by atoms with Gasteiger partial charge < -0.3 is 14.8 Å². The van der Waals surface area contributed by atoms with Crippen LogP contribution in [0.15, 0.2) is 66.3 Å². The molecule has 32 heavy (non-hydrogen) atoms. The molecule has 0 aliphatic carbocycles. The number of para-hydroxylation sites is 2. The Morgan fingerprint density at radius 3 is 2.44 bits per heavy atom. The van der Waals surface area contributed by atoms with Crippen molar-refractivity contribution in [3.63, 3.8) is 0 Å². The van der Waals surface area contributed by atoms with Crippen LogP contribution in [0.5, 0.6) is 0 Å². The number of rotatable bonds is 10. The molecule has 0 aliphatic rings. The molecule has 1 heterocycles. The van der Waals surface area contributed by atoms with Crippen LogP contribution in [0.3, 0.4) is 0 Å². The maximum atomic E-state index is 13.0. The minimum Gasteiger partial charge on any atom is -0.377 e. The van der Waals surface area contributed by atoms with Gasteiger partial charge in [0.2, 0.25) is 5.91 Å². The van der Waals surface area contributed by atoms with Crippen molar-refractivity contribution >= 4 is 29.0 Å². The third-order valence-electron chi connectivity index (χ3n) is 5.15. The summed E-state index contributed by atoms with van der Waals surface area (Å²) < 4.78 is 2.01. The maximum absolute atomic E-state index is 13.0. The number of carbonyl (C=O) groups is 1. The molecule has 0 bridgehead atoms. The van der Waals surface area contributed by atoms with E-state index >= 15 is 0 Å². The molecule has 0 radical (unpaired) electrons. The fourth-order valence-electron chi connectivity index (χ4n) is 3.64. The van der Waals surface area contributed by atoms with Crippen LogP contribution < -0.4 is 10.2 Å². The van der Waals surface area contributed by atoms with E-state index in [2.05, 4.69) is 54.1 Å². The molecule has 0 saturated carbocycles. The SMILES string of the molecule is C=CCn1c(CNc2c(C)cccc2C)nnc1SCC(=O)N(c1ccccc1)C(C)C. The number of aromatic nitrogens is 3. The van der Waals surface area contributed by atoms with Crippen molar-refractivity contribution in [3.8, 4) is 0 Å². The van der Waals surface area contributed by atoms with Gasteiger partial charge in [0.05, 0.1) is 12.3 Å². The van der Waals surface area contributed by atoms with Gasteiger partial charge in [-0.1, -0.05) is 54.2 Å². The fraction of sp³-hybridized carbons (Fsp3) is 0.320. The van der Waals surface area contributed by atoms with Crippen LogP contribution in [0.2, 0.25) is 0 Å². The molecule has 0 spiro atoms. The molecular weight excluding hydrogens is 418 g/mol. The zero-order valence-corrected chi connectivity index (χ0v) is 20.0. The van der Waals surface area contributed by atoms with Gasteiger partial charge >= 0.3 is 0 Å². The fourth-order valence-corrected chi connectivity index (χ4v) is 4.47. The average molecular weight is 450 g/mol. The topological polar surface area (TPSA) is 63.1 Å². The lowest BCUT2D eigenvalue weighted by atomic mass is 10.1. The van der Waals surface area contributed by atoms with Crippen molar-refractivity contribution in [2.24, 2.45) is 0 Å². The molecule has 0 atom stereocenters. The monoisotopic (exact) mass is 449 g/mol. The lowest BCUT2D eigenvalue weighted by molar-refractivity contribution is -0.116. The van der Waals surface area contributed by atoms with E-state index in [9.17, 15) is 4.79 Å². The van der Waals surface area contributed by atoms with E-state index in [0.717, 1.165) is 17.2 Å². The standard InChI is InChI=1S/C25H31N5OS/c1-6-15-29-22(16-26-24-19(4)11-10-12-20(24)5)27-28-25(29)32-17-23(31)30(18(2)3)21-13-8-7-9-14-21/h6-14,18,26H,1,15-17H2,2-5H3. The number of anilines is 2. The minimum absolute atomic E-state index is 0.0413. The molecule has 3 rings (SSSR count). The van der Waals surface area contributed by atoms with Gasteiger partial charge in [0.25, 0.3) is 0 Å². The Bertz CT molecular complexity index is 1040. The van der Waals surface area contributed by atoms with Crippen molar-refractivity contribution < 1.29 is 4.79 Å². The number of nitrogens with zero attached hydrogens (tertiary/aromatic N) is 4. The predicted octanol–water partition coefficient (Wildman–Crippen LogP) is 5.23. The Kier molecular flexibility index (Phi) is 8.11. The highest BCUT2D eigenvalue weighted by atomic mass is 32.2. The van der Waals surface area contributed by atoms with Gasteiger partial charge in [0.1, 0.15) is 0 Å². The summed E-state index contributed by atoms with van der Waals surface area (Å²) in [7, 11) is 0. The number of aryl methyl sites for hydroxylation is 2. The smallest absolute Gasteiger partial charge is 0.237 e. The van der Waals surface area contributed by atoms with Gasteiger partial charge in [-0.15, -0.1) is 16.8 Å². The van der Waals surface area contributed by atoms with Crippen LogP contribution in [-0.2, 0) is 17.9 Å². The first-order valence-corrected chi connectivity index (χ1v) is 11.7. The Labute approximate surface area is 194 Å². The molecule has 1 N–H and O–H groups in total. The molecule has 0 fully saturated rings. The lowest BCUT2D eigenvalue weighted by Crippen LogP contribution is -2.38. The van der Waals surface area contributed by atoms with E-state index < -0.39 is 0 Å². The number of thioether (sulfide) groups is 1. The maximum Gasteiger partial charge on any atom is 0.237 e. The minimum atomic E-state index is 0.0413. The van der Waals surface area contributed by atoms with Gasteiger partial charge in [0.15, 0.2) is 11.0 Å². The molecule has 168 valence electrons. The first kappa shape index (κ1) is 23.6. The first-order valence-electron chi connectivity index (χ1n) is 10.7. The quantitative estimate of drug-likeness (QED) is 0.339. The van der Waals surface area contributed by atoms with Crippen LogP contribution in [0.1, 0.15) is 30.8 Å². The van der Waals surface area contributed by atoms with Gasteiger partial charge in [-0.05, 0) is 51.0 Å². The molecular formula is C25H31N5OS. The molecule has 3 aromatic rings. The van der Waals surface area contributed by atoms with E-state index in [1.807, 2.05) is 59.7 Å². The summed E-state index contributed by atoms with van der Waals surface area (Å²) in [6.45, 7) is 13.2. The summed E-state index contributed by atoms with van der Waals surface area (Å²) >= 11 is 1.41. The predicted molar refractivity (Wildman–Crippen MR) is 133 cm³/mol. The largest absolute Gasteiger partial charge is 0.377 e. The number of nitrogens with one attached hydrogen (secondary N) is 1. The van der Waals surface area contributed by atoms with E-state index in [1.54, 1.807) is 0 Å². The molecule has 1 amide bonds. The van der Waals surface area contributed by atoms with Crippen LogP contribution in [-0.4, -0.2) is 32.5 Å². The summed E-state index contributed by atoms with van der Waals surface area (Å²) in [6, 6.07) is 16.1. The number of amides is 1. The van der Waals surface area contributed by atoms with Gasteiger partial charge in [0, 0.05) is 24.0 Å². The number of hydrogen-bond acceptors (Lipinski definition) is 5. The molecule has 0 saturated heterocycles. The highest BCUT2D eigenvalue weighted by Crippen LogP contribution is 2.24. The number of benzene rings is 2. The molecule has 1 aromatic heterocycles. The van der Waals surface area contributed by atoms with Crippen LogP contribution >= 0.6 is 11.8 Å². The van der Waals surface area contributed by atoms with E-state index in [4.69, 9.17) is 0 Å². The second-order valence-corrected chi connectivity index (χ2v) is 8.84. The Morgan fingerprint density at radius 1 is 1.12 bits per heavy atom. The van der Waals surface area contributed by atoms with Crippen LogP contribution in [0.4, 0.5) is 11.4 Å². The van der Waals surface area contributed by atoms with E-state index in [0.29, 0.717) is 18.2 Å². The Morgan fingerprint density at radius 2 is 1.81 bits per heavy atom. The number of hydrogen-bond donors (Lipinski definition) is 1. The van der Waals surface area contributed by atoms with Crippen molar-refractivity contribution in [2.75, 3.05) is 16.0 Å². The van der Waals surface area contributed by atoms with Crippen molar-refractivity contribution in [3.05, 3.63) is 78.1 Å². The lowest BCUT2D eigenvalue weighted by Gasteiger charge is -2.26. The van der Waals surface area contributed by atoms with Crippen molar-refractivity contribution in [1.29, 1.82) is 0 Å². The average Bonchev–Trinajstić information content (AvgIpc) is 3.14. The molecule has 0 unspecified atom stereocenters. The first-order chi connectivity index (χ1) is 15.4. The second-order valence-electron chi connectivity index (χ2n) is 7.90. The summed E-state index contributed by atoms with van der Waals surface area (Å²) in [5, 5.41) is 12.9. The summed E-state index contributed by atoms with van der Waals surface area (Å²) in [6.07, 6.45) is 1.82. The van der Waals surface area contributed by atoms with Crippen LogP contribution in [0.25, 0.3) is 0 Å². The molecule has 2 aromatic carbocycles. The van der Waals surface area contributed by atoms with E-state index in [-0.39, 0.29) is 17.7 Å². The van der Waals surface area contributed by atoms with Gasteiger partial charge in [-0.2, -0.15) is 0 Å². The zero-order chi connectivity index (χ0) is 23.1. The highest BCUT2D eigenvalue weighted by molar-refractivity contribution is 7.99. The van der Waals surface area contributed by atoms with Crippen molar-refractivity contribution in [2.45, 2.75) is 52.0 Å². The number of carbonyl (C=O) groups excluding carboxylic acids is 1. The Balaban J connectivity index is 1.72. The summed E-state index contributed by atoms with van der Waals surface area (Å²) in [4.78, 5) is 14.9. The van der Waals surface area contributed by atoms with Crippen LogP contribution in [0, 0.1) is 13.8 Å². The third kappa shape index (κ3) is 5.59. The molecule has 0 aliphatic heterocycles. The van der Waals surface area contributed by atoms with Gasteiger partial charge in [-0.3, -0.25) is 4.79 Å². The summed E-state index contributed by atoms with van der Waals surface area (Å²) in [5.74, 6) is 1.14. The molecule has 7 heteroatoms.